The van der Waals surface area contributed by atoms with Crippen LogP contribution in [0, 0.1) is 46.3 Å². The highest BCUT2D eigenvalue weighted by atomic mass is 16.5. The fraction of sp³-hybridized carbons (Fsp3) is 0.946. The first-order valence-electron chi connectivity index (χ1n) is 27.1. The summed E-state index contributed by atoms with van der Waals surface area (Å²) in [4.78, 5) is 12.9. The Bertz CT molecular complexity index is 1110. The molecule has 8 atom stereocenters. The van der Waals surface area contributed by atoms with Gasteiger partial charge in [0, 0.05) is 12.8 Å². The molecule has 8 unspecified atom stereocenters. The zero-order chi connectivity index (χ0) is 41.5. The largest absolute Gasteiger partial charge is 0.462 e. The van der Waals surface area contributed by atoms with Gasteiger partial charge < -0.3 is 4.74 Å². The first kappa shape index (κ1) is 49.9. The summed E-state index contributed by atoms with van der Waals surface area (Å²) < 4.78 is 6.17. The van der Waals surface area contributed by atoms with Gasteiger partial charge in [0.05, 0.1) is 0 Å². The Labute approximate surface area is 363 Å². The van der Waals surface area contributed by atoms with Gasteiger partial charge >= 0.3 is 5.97 Å². The number of rotatable bonds is 33. The molecule has 0 aliphatic heterocycles. The summed E-state index contributed by atoms with van der Waals surface area (Å²) in [5.41, 5.74) is 2.54. The molecule has 0 aromatic heterocycles. The van der Waals surface area contributed by atoms with E-state index in [1.807, 2.05) is 0 Å². The Morgan fingerprint density at radius 2 is 1.10 bits per heavy atom. The minimum atomic E-state index is 0.0696. The van der Waals surface area contributed by atoms with E-state index in [0.29, 0.717) is 17.3 Å². The summed E-state index contributed by atoms with van der Waals surface area (Å²) in [6.07, 6.45) is 54.7. The zero-order valence-electron chi connectivity index (χ0n) is 40.3. The Balaban J connectivity index is 0.943. The summed E-state index contributed by atoms with van der Waals surface area (Å²) >= 11 is 0. The number of allylic oxidation sites excluding steroid dienone is 1. The van der Waals surface area contributed by atoms with Gasteiger partial charge in [-0.3, -0.25) is 4.79 Å². The SMILES string of the molecule is CCCCCCCCCCCCCCCCCCCCCCCCCCCCC(=O)OC1CCC2(C)C(=CCC3C2CCC2(C)C(C(C)CCCC(C)C)CCC32)C1. The number of esters is 1. The lowest BCUT2D eigenvalue weighted by Crippen LogP contribution is -2.51. The highest BCUT2D eigenvalue weighted by molar-refractivity contribution is 5.69. The molecule has 3 saturated carbocycles. The van der Waals surface area contributed by atoms with Crippen molar-refractivity contribution >= 4 is 5.97 Å². The number of hydrogen-bond donors (Lipinski definition) is 0. The molecule has 0 bridgehead atoms. The fourth-order valence-corrected chi connectivity index (χ4v) is 13.6. The van der Waals surface area contributed by atoms with E-state index in [-0.39, 0.29) is 12.1 Å². The van der Waals surface area contributed by atoms with Crippen LogP contribution < -0.4 is 0 Å². The van der Waals surface area contributed by atoms with Crippen molar-refractivity contribution in [2.24, 2.45) is 46.3 Å². The zero-order valence-corrected chi connectivity index (χ0v) is 40.3. The van der Waals surface area contributed by atoms with Crippen LogP contribution in [0.3, 0.4) is 0 Å². The molecule has 0 amide bonds. The van der Waals surface area contributed by atoms with E-state index >= 15 is 0 Å². The van der Waals surface area contributed by atoms with E-state index < -0.39 is 0 Å². The van der Waals surface area contributed by atoms with Crippen molar-refractivity contribution in [1.29, 1.82) is 0 Å². The Morgan fingerprint density at radius 3 is 1.60 bits per heavy atom. The predicted octanol–water partition coefficient (Wildman–Crippen LogP) is 18.5. The molecule has 0 aromatic carbocycles. The summed E-state index contributed by atoms with van der Waals surface area (Å²) in [6, 6.07) is 0. The van der Waals surface area contributed by atoms with Crippen LogP contribution >= 0.6 is 0 Å². The van der Waals surface area contributed by atoms with Gasteiger partial charge in [-0.05, 0) is 97.7 Å². The van der Waals surface area contributed by atoms with Gasteiger partial charge in [0.2, 0.25) is 0 Å². The molecule has 2 nitrogen and oxygen atoms in total. The summed E-state index contributed by atoms with van der Waals surface area (Å²) in [7, 11) is 0. The van der Waals surface area contributed by atoms with Crippen molar-refractivity contribution in [1.82, 2.24) is 0 Å². The summed E-state index contributed by atoms with van der Waals surface area (Å²) in [5.74, 6) is 5.34. The average Bonchev–Trinajstić information content (AvgIpc) is 3.56. The Morgan fingerprint density at radius 1 is 0.603 bits per heavy atom. The highest BCUT2D eigenvalue weighted by Crippen LogP contribution is 2.67. The number of hydrogen-bond acceptors (Lipinski definition) is 2. The van der Waals surface area contributed by atoms with Crippen molar-refractivity contribution in [3.63, 3.8) is 0 Å². The molecule has 0 heterocycles. The lowest BCUT2D eigenvalue weighted by molar-refractivity contribution is -0.151. The van der Waals surface area contributed by atoms with Gasteiger partial charge in [-0.2, -0.15) is 0 Å². The molecule has 4 aliphatic rings. The molecule has 0 aromatic rings. The van der Waals surface area contributed by atoms with E-state index in [2.05, 4.69) is 47.6 Å². The van der Waals surface area contributed by atoms with Crippen molar-refractivity contribution in [2.45, 2.75) is 292 Å². The average molecular weight is 807 g/mol. The van der Waals surface area contributed by atoms with Crippen molar-refractivity contribution in [3.8, 4) is 0 Å². The van der Waals surface area contributed by atoms with E-state index in [1.54, 1.807) is 5.57 Å². The topological polar surface area (TPSA) is 26.3 Å². The third-order valence-corrected chi connectivity index (χ3v) is 17.3. The van der Waals surface area contributed by atoms with Gasteiger partial charge in [-0.15, -0.1) is 0 Å². The molecule has 3 fully saturated rings. The predicted molar refractivity (Wildman–Crippen MR) is 253 cm³/mol. The molecule has 4 rings (SSSR count). The van der Waals surface area contributed by atoms with Crippen LogP contribution in [0.4, 0.5) is 0 Å². The molecule has 4 aliphatic carbocycles. The Kier molecular flexibility index (Phi) is 24.1. The van der Waals surface area contributed by atoms with Gasteiger partial charge in [0.1, 0.15) is 6.10 Å². The van der Waals surface area contributed by atoms with E-state index in [9.17, 15) is 4.79 Å². The third kappa shape index (κ3) is 16.5. The Hall–Kier alpha value is -0.790. The van der Waals surface area contributed by atoms with Gasteiger partial charge in [-0.25, -0.2) is 0 Å². The van der Waals surface area contributed by atoms with Gasteiger partial charge in [0.25, 0.3) is 0 Å². The molecule has 0 spiro atoms. The highest BCUT2D eigenvalue weighted by Gasteiger charge is 2.59. The molecule has 0 N–H and O–H groups in total. The van der Waals surface area contributed by atoms with Crippen LogP contribution in [0.25, 0.3) is 0 Å². The van der Waals surface area contributed by atoms with Crippen LogP contribution in [-0.4, -0.2) is 12.1 Å². The number of carbonyl (C=O) groups is 1. The minimum absolute atomic E-state index is 0.0696. The number of fused-ring (bicyclic) bond motifs is 5. The van der Waals surface area contributed by atoms with Crippen LogP contribution in [0.15, 0.2) is 11.6 Å². The maximum absolute atomic E-state index is 12.9. The molecule has 0 saturated heterocycles. The normalized spacial score (nSPS) is 28.5. The van der Waals surface area contributed by atoms with Gasteiger partial charge in [0.15, 0.2) is 0 Å². The second-order valence-electron chi connectivity index (χ2n) is 22.2. The van der Waals surface area contributed by atoms with E-state index in [1.165, 1.54) is 218 Å². The van der Waals surface area contributed by atoms with E-state index in [4.69, 9.17) is 4.74 Å². The number of unbranched alkanes of at least 4 members (excludes halogenated alkanes) is 25. The lowest BCUT2D eigenvalue weighted by Gasteiger charge is -2.58. The van der Waals surface area contributed by atoms with Crippen LogP contribution in [0.2, 0.25) is 0 Å². The van der Waals surface area contributed by atoms with Crippen LogP contribution in [0.5, 0.6) is 0 Å². The van der Waals surface area contributed by atoms with Crippen molar-refractivity contribution in [3.05, 3.63) is 11.6 Å². The maximum atomic E-state index is 12.9. The second kappa shape index (κ2) is 28.0. The molecular weight excluding hydrogens is 705 g/mol. The molecule has 0 radical (unpaired) electrons. The van der Waals surface area contributed by atoms with Crippen LogP contribution in [0.1, 0.15) is 286 Å². The molecule has 58 heavy (non-hydrogen) atoms. The third-order valence-electron chi connectivity index (χ3n) is 17.3. The first-order valence-corrected chi connectivity index (χ1v) is 27.1. The standard InChI is InChI=1S/C56H102O2/c1-7-8-9-10-11-12-13-14-15-16-17-18-19-20-21-22-23-24-25-26-27-28-29-30-31-32-36-54(57)58-49-41-43-55(5)48(45-49)37-38-50-52-40-39-51(47(4)35-33-34-46(2)3)56(52,6)44-42-53(50)55/h37,46-47,49-53H,7-36,38-45H2,1-6H3. The lowest BCUT2D eigenvalue weighted by atomic mass is 9.47. The molecule has 2 heteroatoms. The van der Waals surface area contributed by atoms with E-state index in [0.717, 1.165) is 54.8 Å². The first-order chi connectivity index (χ1) is 28.2. The monoisotopic (exact) mass is 807 g/mol. The van der Waals surface area contributed by atoms with Crippen molar-refractivity contribution in [2.75, 3.05) is 0 Å². The second-order valence-corrected chi connectivity index (χ2v) is 22.2. The minimum Gasteiger partial charge on any atom is -0.462 e. The smallest absolute Gasteiger partial charge is 0.306 e. The molecule has 338 valence electrons. The molecular formula is C56H102O2. The number of ether oxygens (including phenoxy) is 1. The quantitative estimate of drug-likeness (QED) is 0.0375. The van der Waals surface area contributed by atoms with Crippen molar-refractivity contribution < 1.29 is 9.53 Å². The fourth-order valence-electron chi connectivity index (χ4n) is 13.6. The number of carbonyl (C=O) groups excluding carboxylic acids is 1. The van der Waals surface area contributed by atoms with Crippen LogP contribution in [-0.2, 0) is 9.53 Å². The summed E-state index contributed by atoms with van der Waals surface area (Å²) in [5, 5.41) is 0. The van der Waals surface area contributed by atoms with Gasteiger partial charge in [-0.1, -0.05) is 233 Å². The maximum Gasteiger partial charge on any atom is 0.306 e. The summed E-state index contributed by atoms with van der Waals surface area (Å²) in [6.45, 7) is 15.0.